The lowest BCUT2D eigenvalue weighted by atomic mass is 10.0. The fourth-order valence-corrected chi connectivity index (χ4v) is 3.25. The summed E-state index contributed by atoms with van der Waals surface area (Å²) in [5, 5.41) is 4.71. The summed E-state index contributed by atoms with van der Waals surface area (Å²) in [6, 6.07) is 8.59. The molecule has 1 heterocycles. The first kappa shape index (κ1) is 13.5. The van der Waals surface area contributed by atoms with Gasteiger partial charge in [0.1, 0.15) is 5.76 Å². The molecule has 0 unspecified atom stereocenters. The molecule has 2 aromatic rings. The van der Waals surface area contributed by atoms with E-state index in [1.165, 1.54) is 0 Å². The Hall–Kier alpha value is -1.48. The first-order valence-electron chi connectivity index (χ1n) is 7.17. The molecule has 20 heavy (non-hydrogen) atoms. The van der Waals surface area contributed by atoms with Crippen molar-refractivity contribution in [2.24, 2.45) is 10.8 Å². The standard InChI is InChI=1S/C17H23NO2/c1-16(2)15(17(16,3)4)18-10-12-9-11-7-6-8-13(19-5)14(11)20-12/h6-9,15,18H,10H2,1-5H3. The van der Waals surface area contributed by atoms with Crippen LogP contribution in [0.25, 0.3) is 11.0 Å². The van der Waals surface area contributed by atoms with Gasteiger partial charge in [-0.25, -0.2) is 0 Å². The second-order valence-corrected chi connectivity index (χ2v) is 6.85. The summed E-state index contributed by atoms with van der Waals surface area (Å²) >= 11 is 0. The number of ether oxygens (including phenoxy) is 1. The highest BCUT2D eigenvalue weighted by Crippen LogP contribution is 2.62. The Morgan fingerprint density at radius 2 is 1.90 bits per heavy atom. The molecule has 0 bridgehead atoms. The van der Waals surface area contributed by atoms with E-state index in [-0.39, 0.29) is 0 Å². The van der Waals surface area contributed by atoms with Gasteiger partial charge in [-0.05, 0) is 23.0 Å². The predicted molar refractivity (Wildman–Crippen MR) is 81.0 cm³/mol. The van der Waals surface area contributed by atoms with Crippen LogP contribution in [-0.2, 0) is 6.54 Å². The van der Waals surface area contributed by atoms with Crippen LogP contribution in [0, 0.1) is 10.8 Å². The lowest BCUT2D eigenvalue weighted by Gasteiger charge is -2.03. The van der Waals surface area contributed by atoms with Crippen LogP contribution in [0.15, 0.2) is 28.7 Å². The molecule has 3 rings (SSSR count). The number of nitrogens with one attached hydrogen (secondary N) is 1. The molecule has 0 saturated heterocycles. The number of hydrogen-bond acceptors (Lipinski definition) is 3. The number of para-hydroxylation sites is 1. The van der Waals surface area contributed by atoms with Crippen LogP contribution < -0.4 is 10.1 Å². The molecule has 1 aliphatic carbocycles. The third kappa shape index (κ3) is 1.84. The molecule has 0 amide bonds. The Balaban J connectivity index is 1.76. The topological polar surface area (TPSA) is 34.4 Å². The fourth-order valence-electron chi connectivity index (χ4n) is 3.25. The number of methoxy groups -OCH3 is 1. The smallest absolute Gasteiger partial charge is 0.176 e. The monoisotopic (exact) mass is 273 g/mol. The van der Waals surface area contributed by atoms with Crippen LogP contribution in [0.1, 0.15) is 33.5 Å². The maximum Gasteiger partial charge on any atom is 0.176 e. The normalized spacial score (nSPS) is 20.2. The Bertz CT molecular complexity index is 625. The highest BCUT2D eigenvalue weighted by Gasteiger charge is 2.64. The van der Waals surface area contributed by atoms with Gasteiger partial charge in [-0.15, -0.1) is 0 Å². The van der Waals surface area contributed by atoms with E-state index >= 15 is 0 Å². The number of benzene rings is 1. The maximum atomic E-state index is 5.92. The summed E-state index contributed by atoms with van der Waals surface area (Å²) in [7, 11) is 1.67. The van der Waals surface area contributed by atoms with E-state index in [1.807, 2.05) is 12.1 Å². The van der Waals surface area contributed by atoms with Crippen molar-refractivity contribution in [3.05, 3.63) is 30.0 Å². The second kappa shape index (κ2) is 4.26. The second-order valence-electron chi connectivity index (χ2n) is 6.85. The maximum absolute atomic E-state index is 5.92. The van der Waals surface area contributed by atoms with Crippen molar-refractivity contribution in [3.8, 4) is 5.75 Å². The molecule has 108 valence electrons. The summed E-state index contributed by atoms with van der Waals surface area (Å²) < 4.78 is 11.2. The van der Waals surface area contributed by atoms with Crippen LogP contribution in [0.2, 0.25) is 0 Å². The molecule has 1 fully saturated rings. The number of rotatable bonds is 4. The highest BCUT2D eigenvalue weighted by molar-refractivity contribution is 5.83. The van der Waals surface area contributed by atoms with Crippen LogP contribution in [-0.4, -0.2) is 13.2 Å². The summed E-state index contributed by atoms with van der Waals surface area (Å²) in [6.07, 6.45) is 0. The molecular weight excluding hydrogens is 250 g/mol. The Morgan fingerprint density at radius 3 is 2.50 bits per heavy atom. The quantitative estimate of drug-likeness (QED) is 0.915. The molecule has 0 radical (unpaired) electrons. The van der Waals surface area contributed by atoms with E-state index in [1.54, 1.807) is 7.11 Å². The number of hydrogen-bond donors (Lipinski definition) is 1. The van der Waals surface area contributed by atoms with Crippen LogP contribution in [0.4, 0.5) is 0 Å². The minimum atomic E-state index is 0.344. The molecule has 3 heteroatoms. The van der Waals surface area contributed by atoms with Gasteiger partial charge < -0.3 is 14.5 Å². The first-order chi connectivity index (χ1) is 9.38. The van der Waals surface area contributed by atoms with E-state index in [9.17, 15) is 0 Å². The lowest BCUT2D eigenvalue weighted by Crippen LogP contribution is -2.21. The van der Waals surface area contributed by atoms with Gasteiger partial charge in [0.05, 0.1) is 13.7 Å². The molecular formula is C17H23NO2. The van der Waals surface area contributed by atoms with Gasteiger partial charge in [0.15, 0.2) is 11.3 Å². The SMILES string of the molecule is COc1cccc2cc(CNC3C(C)(C)C3(C)C)oc12. The average molecular weight is 273 g/mol. The third-order valence-electron chi connectivity index (χ3n) is 5.28. The van der Waals surface area contributed by atoms with E-state index in [0.29, 0.717) is 16.9 Å². The Labute approximate surface area is 120 Å². The van der Waals surface area contributed by atoms with Gasteiger partial charge >= 0.3 is 0 Å². The summed E-state index contributed by atoms with van der Waals surface area (Å²) in [4.78, 5) is 0. The van der Waals surface area contributed by atoms with Crippen molar-refractivity contribution in [2.75, 3.05) is 7.11 Å². The van der Waals surface area contributed by atoms with Crippen molar-refractivity contribution in [1.82, 2.24) is 5.32 Å². The van der Waals surface area contributed by atoms with Crippen LogP contribution in [0.3, 0.4) is 0 Å². The number of fused-ring (bicyclic) bond motifs is 1. The number of furan rings is 1. The van der Waals surface area contributed by atoms with Gasteiger partial charge in [0.2, 0.25) is 0 Å². The molecule has 1 aromatic carbocycles. The van der Waals surface area contributed by atoms with Gasteiger partial charge in [0.25, 0.3) is 0 Å². The summed E-state index contributed by atoms with van der Waals surface area (Å²) in [5.41, 5.74) is 1.52. The molecule has 0 aliphatic heterocycles. The highest BCUT2D eigenvalue weighted by atomic mass is 16.5. The summed E-state index contributed by atoms with van der Waals surface area (Å²) in [5.74, 6) is 1.75. The minimum absolute atomic E-state index is 0.344. The largest absolute Gasteiger partial charge is 0.493 e. The summed E-state index contributed by atoms with van der Waals surface area (Å²) in [6.45, 7) is 10.0. The molecule has 3 nitrogen and oxygen atoms in total. The van der Waals surface area contributed by atoms with Crippen molar-refractivity contribution in [2.45, 2.75) is 40.3 Å². The Morgan fingerprint density at radius 1 is 1.20 bits per heavy atom. The average Bonchev–Trinajstić information content (AvgIpc) is 2.72. The van der Waals surface area contributed by atoms with Gasteiger partial charge in [-0.3, -0.25) is 0 Å². The Kier molecular flexibility index (Phi) is 2.87. The molecule has 1 N–H and O–H groups in total. The third-order valence-corrected chi connectivity index (χ3v) is 5.28. The molecule has 0 atom stereocenters. The van der Waals surface area contributed by atoms with Crippen molar-refractivity contribution < 1.29 is 9.15 Å². The van der Waals surface area contributed by atoms with E-state index < -0.39 is 0 Å². The molecule has 0 spiro atoms. The molecule has 1 aliphatic rings. The van der Waals surface area contributed by atoms with Crippen molar-refractivity contribution >= 4 is 11.0 Å². The zero-order chi connectivity index (χ0) is 14.5. The van der Waals surface area contributed by atoms with E-state index in [0.717, 1.165) is 29.0 Å². The van der Waals surface area contributed by atoms with Gasteiger partial charge in [-0.2, -0.15) is 0 Å². The van der Waals surface area contributed by atoms with Crippen LogP contribution >= 0.6 is 0 Å². The van der Waals surface area contributed by atoms with Crippen LogP contribution in [0.5, 0.6) is 5.75 Å². The zero-order valence-electron chi connectivity index (χ0n) is 12.9. The van der Waals surface area contributed by atoms with Gasteiger partial charge in [0, 0.05) is 11.4 Å². The van der Waals surface area contributed by atoms with E-state index in [4.69, 9.17) is 9.15 Å². The van der Waals surface area contributed by atoms with E-state index in [2.05, 4.69) is 45.1 Å². The minimum Gasteiger partial charge on any atom is -0.493 e. The fraction of sp³-hybridized carbons (Fsp3) is 0.529. The first-order valence-corrected chi connectivity index (χ1v) is 7.17. The van der Waals surface area contributed by atoms with Gasteiger partial charge in [-0.1, -0.05) is 39.8 Å². The lowest BCUT2D eigenvalue weighted by molar-refractivity contribution is 0.405. The zero-order valence-corrected chi connectivity index (χ0v) is 12.9. The van der Waals surface area contributed by atoms with Crippen molar-refractivity contribution in [3.63, 3.8) is 0 Å². The predicted octanol–water partition coefficient (Wildman–Crippen LogP) is 3.97. The molecule has 1 aromatic heterocycles. The molecule has 1 saturated carbocycles. The van der Waals surface area contributed by atoms with Crippen molar-refractivity contribution in [1.29, 1.82) is 0 Å².